The van der Waals surface area contributed by atoms with E-state index in [2.05, 4.69) is 19.9 Å². The van der Waals surface area contributed by atoms with Gasteiger partial charge in [0.2, 0.25) is 0 Å². The first-order valence-electron chi connectivity index (χ1n) is 6.91. The topological polar surface area (TPSA) is 59.1 Å². The Morgan fingerprint density at radius 1 is 1.32 bits per heavy atom. The summed E-state index contributed by atoms with van der Waals surface area (Å²) >= 11 is 0. The van der Waals surface area contributed by atoms with Gasteiger partial charge in [-0.25, -0.2) is 0 Å². The highest BCUT2D eigenvalue weighted by atomic mass is 16.5. The molecule has 0 heterocycles. The van der Waals surface area contributed by atoms with Crippen molar-refractivity contribution in [1.29, 1.82) is 5.41 Å². The van der Waals surface area contributed by atoms with Crippen molar-refractivity contribution in [2.45, 2.75) is 46.5 Å². The normalized spacial score (nSPS) is 11.6. The maximum Gasteiger partial charge on any atom is 0.122 e. The summed E-state index contributed by atoms with van der Waals surface area (Å²) in [6.07, 6.45) is 1.77. The Hall–Kier alpha value is -1.51. The van der Waals surface area contributed by atoms with Gasteiger partial charge >= 0.3 is 0 Å². The lowest BCUT2D eigenvalue weighted by molar-refractivity contribution is 0.283. The number of benzene rings is 1. The third kappa shape index (κ3) is 4.58. The van der Waals surface area contributed by atoms with Crippen LogP contribution in [0.15, 0.2) is 24.3 Å². The lowest BCUT2D eigenvalue weighted by Crippen LogP contribution is -2.31. The van der Waals surface area contributed by atoms with E-state index in [4.69, 9.17) is 15.9 Å². The van der Waals surface area contributed by atoms with Gasteiger partial charge in [-0.2, -0.15) is 0 Å². The monoisotopic (exact) mass is 262 g/mol. The van der Waals surface area contributed by atoms with Gasteiger partial charge in [0.05, 0.1) is 12.4 Å². The van der Waals surface area contributed by atoms with Gasteiger partial charge in [0.25, 0.3) is 0 Å². The molecule has 0 fully saturated rings. The van der Waals surface area contributed by atoms with Gasteiger partial charge in [0.1, 0.15) is 5.75 Å². The zero-order valence-corrected chi connectivity index (χ0v) is 12.5. The van der Waals surface area contributed by atoms with Gasteiger partial charge in [-0.05, 0) is 30.4 Å². The molecule has 0 unspecified atom stereocenters. The van der Waals surface area contributed by atoms with Gasteiger partial charge < -0.3 is 10.5 Å². The first kappa shape index (κ1) is 15.5. The van der Waals surface area contributed by atoms with Crippen molar-refractivity contribution in [3.05, 3.63) is 29.8 Å². The highest BCUT2D eigenvalue weighted by molar-refractivity contribution is 5.82. The smallest absolute Gasteiger partial charge is 0.122 e. The molecule has 0 saturated heterocycles. The van der Waals surface area contributed by atoms with E-state index in [1.54, 1.807) is 0 Å². The first-order valence-corrected chi connectivity index (χ1v) is 6.91. The third-order valence-electron chi connectivity index (χ3n) is 3.47. The molecule has 0 aromatic heterocycles. The third-order valence-corrected chi connectivity index (χ3v) is 3.47. The second-order valence-corrected chi connectivity index (χ2v) is 5.94. The van der Waals surface area contributed by atoms with E-state index >= 15 is 0 Å². The molecule has 0 amide bonds. The maximum atomic E-state index is 7.52. The second-order valence-electron chi connectivity index (χ2n) is 5.94. The summed E-state index contributed by atoms with van der Waals surface area (Å²) in [4.78, 5) is 0. The number of hydrogen-bond donors (Lipinski definition) is 2. The van der Waals surface area contributed by atoms with Crippen LogP contribution in [0.1, 0.15) is 52.0 Å². The molecule has 0 saturated carbocycles. The number of nitrogens with two attached hydrogens (primary N) is 1. The minimum absolute atomic E-state index is 0.235. The van der Waals surface area contributed by atoms with E-state index in [1.165, 1.54) is 5.56 Å². The van der Waals surface area contributed by atoms with Crippen LogP contribution in [-0.4, -0.2) is 12.4 Å². The molecular formula is C16H26N2O. The van der Waals surface area contributed by atoms with Gasteiger partial charge in [-0.3, -0.25) is 5.41 Å². The summed E-state index contributed by atoms with van der Waals surface area (Å²) < 4.78 is 5.86. The minimum Gasteiger partial charge on any atom is -0.493 e. The lowest BCUT2D eigenvalue weighted by Gasteiger charge is -2.23. The Labute approximate surface area is 116 Å². The fourth-order valence-corrected chi connectivity index (χ4v) is 1.92. The van der Waals surface area contributed by atoms with Crippen LogP contribution in [0.2, 0.25) is 0 Å². The van der Waals surface area contributed by atoms with E-state index in [0.717, 1.165) is 18.6 Å². The van der Waals surface area contributed by atoms with Crippen LogP contribution < -0.4 is 10.5 Å². The molecule has 0 aliphatic heterocycles. The van der Waals surface area contributed by atoms with E-state index in [-0.39, 0.29) is 11.3 Å². The first-order chi connectivity index (χ1) is 8.84. The second kappa shape index (κ2) is 6.60. The molecule has 3 nitrogen and oxygen atoms in total. The number of nitrogens with one attached hydrogen (secondary N) is 1. The van der Waals surface area contributed by atoms with Crippen LogP contribution in [0.4, 0.5) is 0 Å². The van der Waals surface area contributed by atoms with Crippen LogP contribution in [0.3, 0.4) is 0 Å². The van der Waals surface area contributed by atoms with E-state index in [1.807, 2.05) is 32.0 Å². The van der Waals surface area contributed by atoms with Crippen LogP contribution in [-0.2, 0) is 0 Å². The SMILES string of the molecule is CC(C)c1ccccc1OCCCC(C)(C)C(=N)N. The Kier molecular flexibility index (Phi) is 5.40. The van der Waals surface area contributed by atoms with Crippen molar-refractivity contribution >= 4 is 5.84 Å². The molecule has 3 N–H and O–H groups in total. The molecular weight excluding hydrogens is 236 g/mol. The molecule has 0 atom stereocenters. The van der Waals surface area contributed by atoms with Crippen molar-refractivity contribution in [3.8, 4) is 5.75 Å². The highest BCUT2D eigenvalue weighted by Gasteiger charge is 2.20. The molecule has 1 aromatic rings. The summed E-state index contributed by atoms with van der Waals surface area (Å²) in [5, 5.41) is 7.52. The molecule has 0 radical (unpaired) electrons. The van der Waals surface area contributed by atoms with E-state index < -0.39 is 0 Å². The standard InChI is InChI=1S/C16H26N2O/c1-12(2)13-8-5-6-9-14(13)19-11-7-10-16(3,4)15(17)18/h5-6,8-9,12H,7,10-11H2,1-4H3,(H3,17,18). The van der Waals surface area contributed by atoms with Gasteiger partial charge in [0, 0.05) is 5.41 Å². The predicted molar refractivity (Wildman–Crippen MR) is 81.0 cm³/mol. The zero-order chi connectivity index (χ0) is 14.5. The largest absolute Gasteiger partial charge is 0.493 e. The van der Waals surface area contributed by atoms with Gasteiger partial charge in [-0.1, -0.05) is 45.9 Å². The molecule has 1 rings (SSSR count). The molecule has 19 heavy (non-hydrogen) atoms. The van der Waals surface area contributed by atoms with Gasteiger partial charge in [0.15, 0.2) is 0 Å². The van der Waals surface area contributed by atoms with Crippen LogP contribution in [0.25, 0.3) is 0 Å². The molecule has 3 heteroatoms. The summed E-state index contributed by atoms with van der Waals surface area (Å²) in [7, 11) is 0. The number of hydrogen-bond acceptors (Lipinski definition) is 2. The maximum absolute atomic E-state index is 7.52. The van der Waals surface area contributed by atoms with Crippen LogP contribution in [0.5, 0.6) is 5.75 Å². The quantitative estimate of drug-likeness (QED) is 0.444. The molecule has 106 valence electrons. The van der Waals surface area contributed by atoms with Crippen LogP contribution in [0, 0.1) is 10.8 Å². The number of rotatable bonds is 7. The summed E-state index contributed by atoms with van der Waals surface area (Å²) in [5.41, 5.74) is 6.58. The average Bonchev–Trinajstić information content (AvgIpc) is 2.34. The molecule has 0 aliphatic rings. The molecule has 0 bridgehead atoms. The van der Waals surface area contributed by atoms with Crippen molar-refractivity contribution in [2.24, 2.45) is 11.1 Å². The number of amidine groups is 1. The fourth-order valence-electron chi connectivity index (χ4n) is 1.92. The summed E-state index contributed by atoms with van der Waals surface area (Å²) in [5.74, 6) is 1.68. The summed E-state index contributed by atoms with van der Waals surface area (Å²) in [6, 6.07) is 8.17. The van der Waals surface area contributed by atoms with Crippen molar-refractivity contribution in [2.75, 3.05) is 6.61 Å². The van der Waals surface area contributed by atoms with Crippen molar-refractivity contribution in [3.63, 3.8) is 0 Å². The van der Waals surface area contributed by atoms with Crippen molar-refractivity contribution in [1.82, 2.24) is 0 Å². The van der Waals surface area contributed by atoms with Crippen molar-refractivity contribution < 1.29 is 4.74 Å². The molecule has 0 aliphatic carbocycles. The molecule has 1 aromatic carbocycles. The Bertz CT molecular complexity index is 425. The zero-order valence-electron chi connectivity index (χ0n) is 12.5. The summed E-state index contributed by atoms with van der Waals surface area (Å²) in [6.45, 7) is 9.00. The number of para-hydroxylation sites is 1. The van der Waals surface area contributed by atoms with E-state index in [9.17, 15) is 0 Å². The van der Waals surface area contributed by atoms with Gasteiger partial charge in [-0.15, -0.1) is 0 Å². The Morgan fingerprint density at radius 3 is 2.53 bits per heavy atom. The fraction of sp³-hybridized carbons (Fsp3) is 0.562. The Balaban J connectivity index is 2.48. The van der Waals surface area contributed by atoms with E-state index in [0.29, 0.717) is 12.5 Å². The minimum atomic E-state index is -0.235. The van der Waals surface area contributed by atoms with Crippen LogP contribution >= 0.6 is 0 Å². The Morgan fingerprint density at radius 2 is 1.95 bits per heavy atom. The highest BCUT2D eigenvalue weighted by Crippen LogP contribution is 2.27. The average molecular weight is 262 g/mol. The molecule has 0 spiro atoms. The lowest BCUT2D eigenvalue weighted by atomic mass is 9.87. The predicted octanol–water partition coefficient (Wildman–Crippen LogP) is 3.93. The number of ether oxygens (including phenoxy) is 1.